The van der Waals surface area contributed by atoms with Gasteiger partial charge in [-0.25, -0.2) is 0 Å². The molecule has 0 aliphatic carbocycles. The van der Waals surface area contributed by atoms with Crippen molar-refractivity contribution in [1.29, 1.82) is 0 Å². The summed E-state index contributed by atoms with van der Waals surface area (Å²) in [4.78, 5) is 7.76. The summed E-state index contributed by atoms with van der Waals surface area (Å²) in [5.74, 6) is 0. The van der Waals surface area contributed by atoms with Crippen molar-refractivity contribution in [3.63, 3.8) is 0 Å². The van der Waals surface area contributed by atoms with Crippen molar-refractivity contribution in [2.75, 3.05) is 0 Å². The van der Waals surface area contributed by atoms with Gasteiger partial charge in [-0.3, -0.25) is 4.99 Å². The fourth-order valence-corrected chi connectivity index (χ4v) is 3.05. The van der Waals surface area contributed by atoms with Crippen LogP contribution in [0.3, 0.4) is 0 Å². The van der Waals surface area contributed by atoms with Crippen LogP contribution in [-0.4, -0.2) is 22.0 Å². The van der Waals surface area contributed by atoms with E-state index in [1.165, 1.54) is 10.9 Å². The van der Waals surface area contributed by atoms with Crippen molar-refractivity contribution >= 4 is 16.6 Å². The number of aromatic nitrogens is 1. The Morgan fingerprint density at radius 3 is 2.58 bits per heavy atom. The Bertz CT molecular complexity index is 909. The topological polar surface area (TPSA) is 60.4 Å². The molecule has 0 saturated carbocycles. The number of nitrogens with zero attached hydrogens (tertiary/aromatic N) is 1. The number of hydrogen-bond donors (Lipinski definition) is 3. The molecule has 3 N–H and O–H groups in total. The third kappa shape index (κ3) is 2.96. The molecule has 0 spiro atoms. The number of para-hydroxylation sites is 1. The molecule has 0 fully saturated rings. The predicted molar refractivity (Wildman–Crippen MR) is 96.8 cm³/mol. The summed E-state index contributed by atoms with van der Waals surface area (Å²) in [5, 5.41) is 14.7. The molecule has 2 heterocycles. The molecule has 4 heteroatoms. The fraction of sp³-hybridized carbons (Fsp3) is 0.150. The third-order valence-corrected chi connectivity index (χ3v) is 4.31. The van der Waals surface area contributed by atoms with Crippen LogP contribution in [0.25, 0.3) is 10.9 Å². The molecule has 3 aromatic rings. The van der Waals surface area contributed by atoms with E-state index in [9.17, 15) is 5.11 Å². The Balaban J connectivity index is 1.53. The standard InChI is InChI=1S/C20H19N3O/c24-20-19(10-14-6-2-1-3-7-14)22-13-16(23-20)11-15-12-21-18-9-5-4-8-17(15)18/h1-9,12-13,20-21,23-24H,10-11H2. The van der Waals surface area contributed by atoms with Crippen LogP contribution in [0.2, 0.25) is 0 Å². The van der Waals surface area contributed by atoms with Crippen LogP contribution in [0.4, 0.5) is 0 Å². The van der Waals surface area contributed by atoms with Crippen molar-refractivity contribution in [2.45, 2.75) is 19.1 Å². The van der Waals surface area contributed by atoms with Gasteiger partial charge in [-0.1, -0.05) is 48.5 Å². The first kappa shape index (κ1) is 14.7. The van der Waals surface area contributed by atoms with Gasteiger partial charge in [0.25, 0.3) is 0 Å². The molecule has 1 aromatic heterocycles. The molecule has 0 amide bonds. The number of hydrogen-bond acceptors (Lipinski definition) is 3. The monoisotopic (exact) mass is 317 g/mol. The van der Waals surface area contributed by atoms with E-state index in [1.54, 1.807) is 0 Å². The highest BCUT2D eigenvalue weighted by atomic mass is 16.3. The van der Waals surface area contributed by atoms with Crippen LogP contribution >= 0.6 is 0 Å². The highest BCUT2D eigenvalue weighted by Gasteiger charge is 2.18. The number of H-pyrrole nitrogens is 1. The van der Waals surface area contributed by atoms with Crippen LogP contribution in [0.5, 0.6) is 0 Å². The number of rotatable bonds is 4. The van der Waals surface area contributed by atoms with Gasteiger partial charge in [0.2, 0.25) is 0 Å². The lowest BCUT2D eigenvalue weighted by atomic mass is 10.0. The third-order valence-electron chi connectivity index (χ3n) is 4.31. The molecule has 0 radical (unpaired) electrons. The molecule has 24 heavy (non-hydrogen) atoms. The molecular formula is C20H19N3O. The highest BCUT2D eigenvalue weighted by Crippen LogP contribution is 2.21. The minimum atomic E-state index is -0.740. The zero-order valence-corrected chi connectivity index (χ0v) is 13.2. The number of nitrogens with one attached hydrogen (secondary N) is 2. The summed E-state index contributed by atoms with van der Waals surface area (Å²) in [6.07, 6.45) is 4.46. The van der Waals surface area contributed by atoms with Crippen LogP contribution in [0, 0.1) is 0 Å². The average Bonchev–Trinajstić information content (AvgIpc) is 3.01. The van der Waals surface area contributed by atoms with Crippen LogP contribution in [-0.2, 0) is 12.8 Å². The summed E-state index contributed by atoms with van der Waals surface area (Å²) in [5.41, 5.74) is 5.12. The number of benzene rings is 2. The van der Waals surface area contributed by atoms with E-state index in [4.69, 9.17) is 0 Å². The van der Waals surface area contributed by atoms with Gasteiger partial charge in [0.05, 0.1) is 5.71 Å². The van der Waals surface area contributed by atoms with Gasteiger partial charge in [0.15, 0.2) is 6.23 Å². The Morgan fingerprint density at radius 2 is 1.75 bits per heavy atom. The predicted octanol–water partition coefficient (Wildman–Crippen LogP) is 3.16. The summed E-state index contributed by atoms with van der Waals surface area (Å²) < 4.78 is 0. The van der Waals surface area contributed by atoms with Crippen molar-refractivity contribution in [2.24, 2.45) is 4.99 Å². The lowest BCUT2D eigenvalue weighted by molar-refractivity contribution is 0.211. The van der Waals surface area contributed by atoms with Gasteiger partial charge < -0.3 is 15.4 Å². The molecule has 120 valence electrons. The second-order valence-electron chi connectivity index (χ2n) is 6.02. The summed E-state index contributed by atoms with van der Waals surface area (Å²) in [7, 11) is 0. The first-order chi connectivity index (χ1) is 11.8. The molecule has 0 bridgehead atoms. The molecule has 2 aromatic carbocycles. The second-order valence-corrected chi connectivity index (χ2v) is 6.02. The first-order valence-corrected chi connectivity index (χ1v) is 8.09. The smallest absolute Gasteiger partial charge is 0.164 e. The van der Waals surface area contributed by atoms with Crippen molar-refractivity contribution in [1.82, 2.24) is 10.3 Å². The van der Waals surface area contributed by atoms with E-state index in [0.29, 0.717) is 12.8 Å². The number of aromatic amines is 1. The molecule has 1 unspecified atom stereocenters. The van der Waals surface area contributed by atoms with E-state index in [0.717, 1.165) is 22.5 Å². The Kier molecular flexibility index (Phi) is 3.89. The first-order valence-electron chi connectivity index (χ1n) is 8.09. The molecule has 4 rings (SSSR count). The molecule has 4 nitrogen and oxygen atoms in total. The Morgan fingerprint density at radius 1 is 0.958 bits per heavy atom. The zero-order chi connectivity index (χ0) is 16.4. The summed E-state index contributed by atoms with van der Waals surface area (Å²) >= 11 is 0. The van der Waals surface area contributed by atoms with E-state index in [1.807, 2.05) is 54.9 Å². The normalized spacial score (nSPS) is 17.3. The highest BCUT2D eigenvalue weighted by molar-refractivity contribution is 5.91. The minimum absolute atomic E-state index is 0.645. The van der Waals surface area contributed by atoms with Gasteiger partial charge >= 0.3 is 0 Å². The fourth-order valence-electron chi connectivity index (χ4n) is 3.05. The molecule has 1 aliphatic heterocycles. The largest absolute Gasteiger partial charge is 0.368 e. The number of aliphatic hydroxyl groups excluding tert-OH is 1. The Hall–Kier alpha value is -2.85. The van der Waals surface area contributed by atoms with E-state index in [-0.39, 0.29) is 0 Å². The van der Waals surface area contributed by atoms with E-state index < -0.39 is 6.23 Å². The van der Waals surface area contributed by atoms with Crippen molar-refractivity contribution in [3.8, 4) is 0 Å². The Labute approximate surface area is 140 Å². The molecule has 1 aliphatic rings. The lowest BCUT2D eigenvalue weighted by Crippen LogP contribution is -2.39. The van der Waals surface area contributed by atoms with Gasteiger partial charge in [0, 0.05) is 41.8 Å². The van der Waals surface area contributed by atoms with Crippen LogP contribution in [0.1, 0.15) is 11.1 Å². The molecule has 1 atom stereocenters. The molecule has 0 saturated heterocycles. The lowest BCUT2D eigenvalue weighted by Gasteiger charge is -2.22. The number of aliphatic imine (C=N–C) groups is 1. The van der Waals surface area contributed by atoms with Crippen LogP contribution < -0.4 is 5.32 Å². The van der Waals surface area contributed by atoms with E-state index >= 15 is 0 Å². The van der Waals surface area contributed by atoms with Gasteiger partial charge in [0.1, 0.15) is 0 Å². The van der Waals surface area contributed by atoms with Gasteiger partial charge in [-0.2, -0.15) is 0 Å². The van der Waals surface area contributed by atoms with Crippen LogP contribution in [0.15, 0.2) is 77.7 Å². The maximum absolute atomic E-state index is 10.4. The van der Waals surface area contributed by atoms with E-state index in [2.05, 4.69) is 27.4 Å². The quantitative estimate of drug-likeness (QED) is 0.692. The maximum atomic E-state index is 10.4. The minimum Gasteiger partial charge on any atom is -0.368 e. The average molecular weight is 317 g/mol. The zero-order valence-electron chi connectivity index (χ0n) is 13.2. The number of aliphatic hydroxyl groups is 1. The van der Waals surface area contributed by atoms with Gasteiger partial charge in [-0.15, -0.1) is 0 Å². The summed E-state index contributed by atoms with van der Waals surface area (Å²) in [6.45, 7) is 0. The maximum Gasteiger partial charge on any atom is 0.164 e. The SMILES string of the molecule is OC1NC(Cc2c[nH]c3ccccc23)=CN=C1Cc1ccccc1. The van der Waals surface area contributed by atoms with Gasteiger partial charge in [-0.05, 0) is 17.2 Å². The van der Waals surface area contributed by atoms with Crippen molar-refractivity contribution < 1.29 is 5.11 Å². The van der Waals surface area contributed by atoms with Crippen molar-refractivity contribution in [3.05, 3.63) is 83.8 Å². The molecular weight excluding hydrogens is 298 g/mol. The number of allylic oxidation sites excluding steroid dienone is 1. The number of fused-ring (bicyclic) bond motifs is 1. The second kappa shape index (κ2) is 6.34. The summed E-state index contributed by atoms with van der Waals surface area (Å²) in [6, 6.07) is 18.3.